The van der Waals surface area contributed by atoms with Crippen molar-refractivity contribution in [1.29, 1.82) is 0 Å². The van der Waals surface area contributed by atoms with Gasteiger partial charge in [0.25, 0.3) is 5.91 Å². The van der Waals surface area contributed by atoms with Gasteiger partial charge in [0.1, 0.15) is 0 Å². The lowest BCUT2D eigenvalue weighted by molar-refractivity contribution is 0.0559. The van der Waals surface area contributed by atoms with E-state index in [2.05, 4.69) is 25.8 Å². The molecule has 142 valence electrons. The molecule has 0 bridgehead atoms. The Hall–Kier alpha value is -2.27. The molecule has 1 aliphatic heterocycles. The van der Waals surface area contributed by atoms with Crippen LogP contribution in [0.15, 0.2) is 48.9 Å². The van der Waals surface area contributed by atoms with Crippen LogP contribution in [0.3, 0.4) is 0 Å². The molecule has 2 aromatic heterocycles. The molecule has 2 fully saturated rings. The Morgan fingerprint density at radius 1 is 1.07 bits per heavy atom. The number of pyridine rings is 2. The first-order valence-electron chi connectivity index (χ1n) is 10.1. The quantitative estimate of drug-likeness (QED) is 0.758. The summed E-state index contributed by atoms with van der Waals surface area (Å²) >= 11 is 0. The SMILES string of the molecule is O=C(c1cccnc1)N(CC1CC1)C1CCN(CCc2ccccn2)CC1. The number of carbonyl (C=O) groups is 1. The van der Waals surface area contributed by atoms with Gasteiger partial charge >= 0.3 is 0 Å². The highest BCUT2D eigenvalue weighted by Crippen LogP contribution is 2.32. The van der Waals surface area contributed by atoms with Crippen molar-refractivity contribution in [3.8, 4) is 0 Å². The molecule has 4 rings (SSSR count). The van der Waals surface area contributed by atoms with Crippen LogP contribution in [0.4, 0.5) is 0 Å². The number of rotatable bonds is 7. The third-order valence-corrected chi connectivity index (χ3v) is 5.73. The smallest absolute Gasteiger partial charge is 0.255 e. The zero-order chi connectivity index (χ0) is 18.5. The molecule has 1 amide bonds. The maximum atomic E-state index is 13.1. The number of amides is 1. The number of piperidine rings is 1. The second-order valence-electron chi connectivity index (χ2n) is 7.79. The minimum absolute atomic E-state index is 0.155. The fourth-order valence-electron chi connectivity index (χ4n) is 3.90. The van der Waals surface area contributed by atoms with Gasteiger partial charge in [-0.2, -0.15) is 0 Å². The fraction of sp³-hybridized carbons (Fsp3) is 0.500. The van der Waals surface area contributed by atoms with E-state index in [1.807, 2.05) is 30.5 Å². The highest BCUT2D eigenvalue weighted by atomic mass is 16.2. The first-order valence-corrected chi connectivity index (χ1v) is 10.1. The molecule has 0 atom stereocenters. The Kier molecular flexibility index (Phi) is 5.78. The average Bonchev–Trinajstić information content (AvgIpc) is 3.56. The number of hydrogen-bond acceptors (Lipinski definition) is 4. The van der Waals surface area contributed by atoms with E-state index < -0.39 is 0 Å². The maximum Gasteiger partial charge on any atom is 0.255 e. The minimum Gasteiger partial charge on any atom is -0.335 e. The van der Waals surface area contributed by atoms with Crippen molar-refractivity contribution in [2.45, 2.75) is 38.1 Å². The number of likely N-dealkylation sites (tertiary alicyclic amines) is 1. The Morgan fingerprint density at radius 2 is 1.93 bits per heavy atom. The van der Waals surface area contributed by atoms with E-state index in [1.165, 1.54) is 12.8 Å². The second kappa shape index (κ2) is 8.61. The molecule has 5 nitrogen and oxygen atoms in total. The summed E-state index contributed by atoms with van der Waals surface area (Å²) in [6.07, 6.45) is 10.9. The van der Waals surface area contributed by atoms with Crippen molar-refractivity contribution in [3.05, 3.63) is 60.2 Å². The summed E-state index contributed by atoms with van der Waals surface area (Å²) < 4.78 is 0. The molecule has 1 aliphatic carbocycles. The monoisotopic (exact) mass is 364 g/mol. The summed E-state index contributed by atoms with van der Waals surface area (Å²) in [6.45, 7) is 4.06. The zero-order valence-corrected chi connectivity index (χ0v) is 15.8. The Morgan fingerprint density at radius 3 is 2.59 bits per heavy atom. The van der Waals surface area contributed by atoms with E-state index in [1.54, 1.807) is 12.4 Å². The van der Waals surface area contributed by atoms with Crippen molar-refractivity contribution in [2.24, 2.45) is 5.92 Å². The van der Waals surface area contributed by atoms with E-state index in [4.69, 9.17) is 0 Å². The van der Waals surface area contributed by atoms with E-state index >= 15 is 0 Å². The lowest BCUT2D eigenvalue weighted by Crippen LogP contribution is -2.48. The van der Waals surface area contributed by atoms with Gasteiger partial charge in [-0.15, -0.1) is 0 Å². The van der Waals surface area contributed by atoms with Crippen molar-refractivity contribution < 1.29 is 4.79 Å². The summed E-state index contributed by atoms with van der Waals surface area (Å²) in [7, 11) is 0. The molecular weight excluding hydrogens is 336 g/mol. The number of hydrogen-bond donors (Lipinski definition) is 0. The molecular formula is C22H28N4O. The van der Waals surface area contributed by atoms with E-state index in [0.29, 0.717) is 12.0 Å². The Balaban J connectivity index is 1.33. The van der Waals surface area contributed by atoms with Crippen LogP contribution in [0.2, 0.25) is 0 Å². The summed E-state index contributed by atoms with van der Waals surface area (Å²) in [6, 6.07) is 10.2. The fourth-order valence-corrected chi connectivity index (χ4v) is 3.90. The lowest BCUT2D eigenvalue weighted by atomic mass is 10.0. The van der Waals surface area contributed by atoms with Crippen molar-refractivity contribution >= 4 is 5.91 Å². The molecule has 27 heavy (non-hydrogen) atoms. The van der Waals surface area contributed by atoms with Gasteiger partial charge in [0.2, 0.25) is 0 Å². The predicted molar refractivity (Wildman–Crippen MR) is 105 cm³/mol. The van der Waals surface area contributed by atoms with E-state index in [0.717, 1.165) is 56.7 Å². The third kappa shape index (κ3) is 4.92. The van der Waals surface area contributed by atoms with Gasteiger partial charge in [-0.3, -0.25) is 14.8 Å². The average molecular weight is 364 g/mol. The number of carbonyl (C=O) groups excluding carboxylic acids is 1. The first kappa shape index (κ1) is 18.1. The molecule has 2 aliphatic rings. The van der Waals surface area contributed by atoms with Gasteiger partial charge in [-0.05, 0) is 55.9 Å². The third-order valence-electron chi connectivity index (χ3n) is 5.73. The van der Waals surface area contributed by atoms with Crippen LogP contribution >= 0.6 is 0 Å². The first-order chi connectivity index (χ1) is 13.3. The summed E-state index contributed by atoms with van der Waals surface area (Å²) in [5, 5.41) is 0. The van der Waals surface area contributed by atoms with Crippen LogP contribution in [0.5, 0.6) is 0 Å². The van der Waals surface area contributed by atoms with Crippen molar-refractivity contribution in [2.75, 3.05) is 26.2 Å². The van der Waals surface area contributed by atoms with E-state index in [-0.39, 0.29) is 5.91 Å². The molecule has 2 aromatic rings. The molecule has 1 saturated carbocycles. The van der Waals surface area contributed by atoms with E-state index in [9.17, 15) is 4.79 Å². The summed E-state index contributed by atoms with van der Waals surface area (Å²) in [5.41, 5.74) is 1.87. The number of nitrogens with zero attached hydrogens (tertiary/aromatic N) is 4. The highest BCUT2D eigenvalue weighted by Gasteiger charge is 2.33. The van der Waals surface area contributed by atoms with Crippen LogP contribution in [0.25, 0.3) is 0 Å². The van der Waals surface area contributed by atoms with Crippen molar-refractivity contribution in [1.82, 2.24) is 19.8 Å². The van der Waals surface area contributed by atoms with Crippen LogP contribution in [0.1, 0.15) is 41.7 Å². The molecule has 0 aromatic carbocycles. The van der Waals surface area contributed by atoms with Crippen LogP contribution in [0, 0.1) is 5.92 Å². The van der Waals surface area contributed by atoms with Gasteiger partial charge in [0.15, 0.2) is 0 Å². The highest BCUT2D eigenvalue weighted by molar-refractivity contribution is 5.94. The van der Waals surface area contributed by atoms with Gasteiger partial charge in [0.05, 0.1) is 5.56 Å². The van der Waals surface area contributed by atoms with Crippen LogP contribution < -0.4 is 0 Å². The topological polar surface area (TPSA) is 49.3 Å². The van der Waals surface area contributed by atoms with Gasteiger partial charge < -0.3 is 9.80 Å². The normalized spacial score (nSPS) is 18.4. The molecule has 0 unspecified atom stereocenters. The zero-order valence-electron chi connectivity index (χ0n) is 15.8. The molecule has 1 saturated heterocycles. The molecule has 0 spiro atoms. The Labute approximate surface area is 161 Å². The maximum absolute atomic E-state index is 13.1. The van der Waals surface area contributed by atoms with Crippen molar-refractivity contribution in [3.63, 3.8) is 0 Å². The second-order valence-corrected chi connectivity index (χ2v) is 7.79. The predicted octanol–water partition coefficient (Wildman–Crippen LogP) is 3.04. The van der Waals surface area contributed by atoms with Crippen LogP contribution in [-0.2, 0) is 6.42 Å². The standard InChI is InChI=1S/C22H28N4O/c27-22(19-4-3-11-23-16-19)26(17-18-6-7-18)21-9-14-25(15-10-21)13-8-20-5-1-2-12-24-20/h1-5,11-12,16,18,21H,6-10,13-15,17H2. The Bertz CT molecular complexity index is 724. The summed E-state index contributed by atoms with van der Waals surface area (Å²) in [5.74, 6) is 0.856. The van der Waals surface area contributed by atoms with Gasteiger partial charge in [-0.25, -0.2) is 0 Å². The van der Waals surface area contributed by atoms with Gasteiger partial charge in [-0.1, -0.05) is 6.07 Å². The lowest BCUT2D eigenvalue weighted by Gasteiger charge is -2.38. The van der Waals surface area contributed by atoms with Gasteiger partial charge in [0, 0.05) is 62.9 Å². The largest absolute Gasteiger partial charge is 0.335 e. The molecule has 5 heteroatoms. The molecule has 0 N–H and O–H groups in total. The summed E-state index contributed by atoms with van der Waals surface area (Å²) in [4.78, 5) is 26.3. The number of aromatic nitrogens is 2. The molecule has 0 radical (unpaired) electrons. The molecule has 3 heterocycles. The minimum atomic E-state index is 0.155. The van der Waals surface area contributed by atoms with Crippen LogP contribution in [-0.4, -0.2) is 57.9 Å².